The predicted molar refractivity (Wildman–Crippen MR) is 76.5 cm³/mol. The van der Waals surface area contributed by atoms with Crippen molar-refractivity contribution in [3.63, 3.8) is 0 Å². The lowest BCUT2D eigenvalue weighted by molar-refractivity contribution is -0.109. The molecule has 0 bridgehead atoms. The van der Waals surface area contributed by atoms with Crippen molar-refractivity contribution in [3.8, 4) is 0 Å². The molecule has 0 amide bonds. The Balaban J connectivity index is 2.54. The average molecular weight is 248 g/mol. The van der Waals surface area contributed by atoms with Crippen LogP contribution in [0.1, 0.15) is 73.1 Å². The summed E-state index contributed by atoms with van der Waals surface area (Å²) >= 11 is 0. The van der Waals surface area contributed by atoms with Crippen LogP contribution in [0.15, 0.2) is 11.1 Å². The second-order valence-corrected chi connectivity index (χ2v) is 7.53. The molecule has 0 heterocycles. The summed E-state index contributed by atoms with van der Waals surface area (Å²) in [5.74, 6) is 0. The topological polar surface area (TPSA) is 17.1 Å². The van der Waals surface area contributed by atoms with Crippen molar-refractivity contribution in [1.82, 2.24) is 0 Å². The molecule has 1 heteroatoms. The number of fused-ring (bicyclic) bond motifs is 1. The molecule has 0 saturated heterocycles. The Morgan fingerprint density at radius 2 is 1.78 bits per heavy atom. The SMILES string of the molecule is CC1=C(CC=O)[C@@]2(C)CCCC(C)(C)C2(C)CC1. The van der Waals surface area contributed by atoms with E-state index < -0.39 is 0 Å². The number of carbonyl (C=O) groups excluding carboxylic acids is 1. The molecule has 2 atom stereocenters. The minimum absolute atomic E-state index is 0.234. The molecule has 0 radical (unpaired) electrons. The van der Waals surface area contributed by atoms with Crippen LogP contribution in [0.3, 0.4) is 0 Å². The van der Waals surface area contributed by atoms with Gasteiger partial charge in [0.05, 0.1) is 0 Å². The molecular formula is C17H28O. The molecule has 0 aromatic heterocycles. The summed E-state index contributed by atoms with van der Waals surface area (Å²) in [6.45, 7) is 12.0. The highest BCUT2D eigenvalue weighted by Gasteiger charge is 2.58. The standard InChI is InChI=1S/C17H28O/c1-13-7-11-17(5)15(2,3)9-6-10-16(17,4)14(13)8-12-18/h12H,6-11H2,1-5H3/t16-,17?/m1/s1. The van der Waals surface area contributed by atoms with E-state index in [2.05, 4.69) is 34.6 Å². The summed E-state index contributed by atoms with van der Waals surface area (Å²) in [7, 11) is 0. The van der Waals surface area contributed by atoms with Gasteiger partial charge in [-0.2, -0.15) is 0 Å². The molecule has 1 unspecified atom stereocenters. The lowest BCUT2D eigenvalue weighted by Gasteiger charge is -2.62. The number of carbonyl (C=O) groups is 1. The first-order valence-electron chi connectivity index (χ1n) is 7.41. The largest absolute Gasteiger partial charge is 0.303 e. The monoisotopic (exact) mass is 248 g/mol. The Bertz CT molecular complexity index is 390. The van der Waals surface area contributed by atoms with Crippen molar-refractivity contribution in [2.75, 3.05) is 0 Å². The summed E-state index contributed by atoms with van der Waals surface area (Å²) < 4.78 is 0. The minimum atomic E-state index is 0.234. The van der Waals surface area contributed by atoms with Crippen LogP contribution in [-0.4, -0.2) is 6.29 Å². The fourth-order valence-electron chi connectivity index (χ4n) is 4.82. The summed E-state index contributed by atoms with van der Waals surface area (Å²) in [4.78, 5) is 11.1. The molecule has 0 spiro atoms. The van der Waals surface area contributed by atoms with E-state index in [1.807, 2.05) is 0 Å². The lowest BCUT2D eigenvalue weighted by atomic mass is 9.42. The Labute approximate surface area is 112 Å². The Kier molecular flexibility index (Phi) is 3.24. The van der Waals surface area contributed by atoms with Gasteiger partial charge in [-0.1, -0.05) is 45.3 Å². The Morgan fingerprint density at radius 3 is 2.39 bits per heavy atom. The van der Waals surface area contributed by atoms with Gasteiger partial charge < -0.3 is 4.79 Å². The van der Waals surface area contributed by atoms with Gasteiger partial charge in [0.2, 0.25) is 0 Å². The normalized spacial score (nSPS) is 39.4. The number of hydrogen-bond acceptors (Lipinski definition) is 1. The van der Waals surface area contributed by atoms with Crippen LogP contribution >= 0.6 is 0 Å². The van der Waals surface area contributed by atoms with E-state index in [9.17, 15) is 4.79 Å². The van der Waals surface area contributed by atoms with Crippen molar-refractivity contribution in [1.29, 1.82) is 0 Å². The minimum Gasteiger partial charge on any atom is -0.303 e. The van der Waals surface area contributed by atoms with Gasteiger partial charge in [0.1, 0.15) is 6.29 Å². The highest BCUT2D eigenvalue weighted by Crippen LogP contribution is 2.67. The maximum absolute atomic E-state index is 11.1. The molecule has 2 rings (SSSR count). The zero-order valence-corrected chi connectivity index (χ0v) is 12.7. The van der Waals surface area contributed by atoms with Gasteiger partial charge in [-0.15, -0.1) is 0 Å². The van der Waals surface area contributed by atoms with Gasteiger partial charge in [0.25, 0.3) is 0 Å². The van der Waals surface area contributed by atoms with Crippen molar-refractivity contribution >= 4 is 6.29 Å². The average Bonchev–Trinajstić information content (AvgIpc) is 2.28. The molecule has 2 aliphatic rings. The first kappa shape index (κ1) is 13.8. The number of aldehydes is 1. The molecule has 0 aromatic carbocycles. The molecule has 0 aliphatic heterocycles. The molecule has 0 aromatic rings. The van der Waals surface area contributed by atoms with Crippen LogP contribution in [0.5, 0.6) is 0 Å². The summed E-state index contributed by atoms with van der Waals surface area (Å²) in [6.07, 6.45) is 8.10. The van der Waals surface area contributed by atoms with Gasteiger partial charge in [0, 0.05) is 6.42 Å². The van der Waals surface area contributed by atoms with Crippen LogP contribution in [-0.2, 0) is 4.79 Å². The van der Waals surface area contributed by atoms with E-state index in [0.29, 0.717) is 17.3 Å². The molecule has 1 nitrogen and oxygen atoms in total. The molecule has 2 aliphatic carbocycles. The summed E-state index contributed by atoms with van der Waals surface area (Å²) in [6, 6.07) is 0. The zero-order chi connectivity index (χ0) is 13.6. The molecule has 1 fully saturated rings. The third kappa shape index (κ3) is 1.62. The van der Waals surface area contributed by atoms with Crippen molar-refractivity contribution in [2.45, 2.75) is 73.1 Å². The highest BCUT2D eigenvalue weighted by molar-refractivity contribution is 5.56. The van der Waals surface area contributed by atoms with Crippen LogP contribution < -0.4 is 0 Å². The first-order valence-corrected chi connectivity index (χ1v) is 7.41. The van der Waals surface area contributed by atoms with Crippen molar-refractivity contribution in [3.05, 3.63) is 11.1 Å². The van der Waals surface area contributed by atoms with Crippen molar-refractivity contribution < 1.29 is 4.79 Å². The maximum atomic E-state index is 11.1. The molecule has 1 saturated carbocycles. The lowest BCUT2D eigenvalue weighted by Crippen LogP contribution is -2.54. The van der Waals surface area contributed by atoms with Crippen molar-refractivity contribution in [2.24, 2.45) is 16.2 Å². The number of hydrogen-bond donors (Lipinski definition) is 0. The fraction of sp³-hybridized carbons (Fsp3) is 0.824. The zero-order valence-electron chi connectivity index (χ0n) is 12.7. The van der Waals surface area contributed by atoms with Crippen LogP contribution in [0.4, 0.5) is 0 Å². The quantitative estimate of drug-likeness (QED) is 0.501. The number of allylic oxidation sites excluding steroid dienone is 2. The molecule has 0 N–H and O–H groups in total. The maximum Gasteiger partial charge on any atom is 0.124 e. The van der Waals surface area contributed by atoms with E-state index in [1.165, 1.54) is 43.3 Å². The highest BCUT2D eigenvalue weighted by atomic mass is 16.1. The Hall–Kier alpha value is -0.590. The fourth-order valence-corrected chi connectivity index (χ4v) is 4.82. The second-order valence-electron chi connectivity index (χ2n) is 7.53. The van der Waals surface area contributed by atoms with Gasteiger partial charge in [-0.05, 0) is 48.9 Å². The smallest absolute Gasteiger partial charge is 0.124 e. The summed E-state index contributed by atoms with van der Waals surface area (Å²) in [5, 5.41) is 0. The molecule has 18 heavy (non-hydrogen) atoms. The third-order valence-corrected chi connectivity index (χ3v) is 6.66. The van der Waals surface area contributed by atoms with Gasteiger partial charge in [0.15, 0.2) is 0 Å². The van der Waals surface area contributed by atoms with Crippen LogP contribution in [0.25, 0.3) is 0 Å². The van der Waals surface area contributed by atoms with Gasteiger partial charge in [-0.3, -0.25) is 0 Å². The van der Waals surface area contributed by atoms with E-state index in [1.54, 1.807) is 0 Å². The van der Waals surface area contributed by atoms with E-state index in [4.69, 9.17) is 0 Å². The van der Waals surface area contributed by atoms with Crippen LogP contribution in [0.2, 0.25) is 0 Å². The van der Waals surface area contributed by atoms with E-state index in [0.717, 1.165) is 6.29 Å². The van der Waals surface area contributed by atoms with Gasteiger partial charge in [-0.25, -0.2) is 0 Å². The third-order valence-electron chi connectivity index (χ3n) is 6.66. The molecule has 102 valence electrons. The van der Waals surface area contributed by atoms with Crippen LogP contribution in [0, 0.1) is 16.2 Å². The van der Waals surface area contributed by atoms with Gasteiger partial charge >= 0.3 is 0 Å². The molecular weight excluding hydrogens is 220 g/mol. The second kappa shape index (κ2) is 4.21. The van der Waals surface area contributed by atoms with E-state index >= 15 is 0 Å². The first-order chi connectivity index (χ1) is 8.28. The predicted octanol–water partition coefficient (Wildman–Crippen LogP) is 4.91. The number of rotatable bonds is 2. The summed E-state index contributed by atoms with van der Waals surface area (Å²) in [5.41, 5.74) is 3.90. The van der Waals surface area contributed by atoms with E-state index in [-0.39, 0.29) is 5.41 Å². The Morgan fingerprint density at radius 1 is 1.11 bits per heavy atom.